The van der Waals surface area contributed by atoms with Gasteiger partial charge >= 0.3 is 6.03 Å². The van der Waals surface area contributed by atoms with E-state index in [9.17, 15) is 13.2 Å². The summed E-state index contributed by atoms with van der Waals surface area (Å²) in [7, 11) is -2.37. The van der Waals surface area contributed by atoms with Crippen LogP contribution in [0.3, 0.4) is 0 Å². The highest BCUT2D eigenvalue weighted by molar-refractivity contribution is 7.93. The SMILES string of the molecule is CNC(=O)Nc1c(S(=O)(=O)c2ccc(Cl)cc2)sc2ncccc12. The first-order valence-electron chi connectivity index (χ1n) is 6.80. The van der Waals surface area contributed by atoms with Gasteiger partial charge in [0.25, 0.3) is 0 Å². The number of pyridine rings is 1. The second-order valence-corrected chi connectivity index (χ2v) is 8.36. The maximum Gasteiger partial charge on any atom is 0.319 e. The number of carbonyl (C=O) groups is 1. The third-order valence-corrected chi connectivity index (χ3v) is 6.92. The third-order valence-electron chi connectivity index (χ3n) is 3.27. The fourth-order valence-corrected chi connectivity index (χ4v) is 5.18. The molecule has 0 aliphatic heterocycles. The highest BCUT2D eigenvalue weighted by Gasteiger charge is 2.27. The molecule has 0 saturated carbocycles. The number of thiophene rings is 1. The molecule has 0 unspecified atom stereocenters. The number of halogens is 1. The van der Waals surface area contributed by atoms with Crippen LogP contribution in [0.1, 0.15) is 0 Å². The molecule has 0 bridgehead atoms. The number of nitrogens with zero attached hydrogens (tertiary/aromatic N) is 1. The number of hydrogen-bond acceptors (Lipinski definition) is 5. The minimum Gasteiger partial charge on any atom is -0.341 e. The Morgan fingerprint density at radius 2 is 1.92 bits per heavy atom. The Hall–Kier alpha value is -2.16. The summed E-state index contributed by atoms with van der Waals surface area (Å²) in [6, 6.07) is 8.76. The molecule has 124 valence electrons. The van der Waals surface area contributed by atoms with E-state index in [4.69, 9.17) is 11.6 Å². The van der Waals surface area contributed by atoms with Gasteiger partial charge in [-0.15, -0.1) is 11.3 Å². The molecule has 0 fully saturated rings. The molecule has 0 aliphatic carbocycles. The average Bonchev–Trinajstić information content (AvgIpc) is 2.94. The second-order valence-electron chi connectivity index (χ2n) is 4.78. The Morgan fingerprint density at radius 3 is 2.58 bits per heavy atom. The Morgan fingerprint density at radius 1 is 1.21 bits per heavy atom. The van der Waals surface area contributed by atoms with Crippen molar-refractivity contribution in [1.82, 2.24) is 10.3 Å². The van der Waals surface area contributed by atoms with E-state index in [0.717, 1.165) is 11.3 Å². The van der Waals surface area contributed by atoms with Crippen LogP contribution in [-0.2, 0) is 9.84 Å². The van der Waals surface area contributed by atoms with Gasteiger partial charge in [0.15, 0.2) is 4.21 Å². The quantitative estimate of drug-likeness (QED) is 0.726. The number of fused-ring (bicyclic) bond motifs is 1. The monoisotopic (exact) mass is 381 g/mol. The van der Waals surface area contributed by atoms with E-state index in [1.807, 2.05) is 0 Å². The molecular weight excluding hydrogens is 370 g/mol. The first kappa shape index (κ1) is 16.7. The van der Waals surface area contributed by atoms with E-state index in [0.29, 0.717) is 15.2 Å². The highest BCUT2D eigenvalue weighted by atomic mass is 35.5. The van der Waals surface area contributed by atoms with Gasteiger partial charge < -0.3 is 10.6 Å². The fourth-order valence-electron chi connectivity index (χ4n) is 2.12. The maximum absolute atomic E-state index is 13.0. The number of rotatable bonds is 3. The summed E-state index contributed by atoms with van der Waals surface area (Å²) in [4.78, 5) is 16.5. The summed E-state index contributed by atoms with van der Waals surface area (Å²) < 4.78 is 26.0. The molecule has 2 aromatic heterocycles. The van der Waals surface area contributed by atoms with Gasteiger partial charge in [0.1, 0.15) is 4.83 Å². The van der Waals surface area contributed by atoms with Crippen LogP contribution in [0.5, 0.6) is 0 Å². The number of nitrogens with one attached hydrogen (secondary N) is 2. The molecule has 0 saturated heterocycles. The van der Waals surface area contributed by atoms with Crippen LogP contribution in [0.4, 0.5) is 10.5 Å². The minimum absolute atomic E-state index is 0.0297. The van der Waals surface area contributed by atoms with Crippen molar-refractivity contribution in [3.63, 3.8) is 0 Å². The van der Waals surface area contributed by atoms with Crippen molar-refractivity contribution in [3.05, 3.63) is 47.6 Å². The van der Waals surface area contributed by atoms with Gasteiger partial charge in [-0.3, -0.25) is 0 Å². The predicted octanol–water partition coefficient (Wildman–Crippen LogP) is 3.53. The lowest BCUT2D eigenvalue weighted by Gasteiger charge is -2.08. The van der Waals surface area contributed by atoms with Crippen LogP contribution < -0.4 is 10.6 Å². The van der Waals surface area contributed by atoms with Gasteiger partial charge in [-0.25, -0.2) is 18.2 Å². The average molecular weight is 382 g/mol. The molecule has 0 radical (unpaired) electrons. The van der Waals surface area contributed by atoms with Crippen LogP contribution in [-0.4, -0.2) is 26.5 Å². The molecule has 2 amide bonds. The zero-order valence-corrected chi connectivity index (χ0v) is 14.8. The van der Waals surface area contributed by atoms with Crippen molar-refractivity contribution >= 4 is 54.7 Å². The number of sulfone groups is 1. The summed E-state index contributed by atoms with van der Waals surface area (Å²) >= 11 is 6.83. The van der Waals surface area contributed by atoms with Crippen LogP contribution >= 0.6 is 22.9 Å². The van der Waals surface area contributed by atoms with E-state index >= 15 is 0 Å². The molecule has 0 atom stereocenters. The largest absolute Gasteiger partial charge is 0.341 e. The normalized spacial score (nSPS) is 11.4. The van der Waals surface area contributed by atoms with Gasteiger partial charge in [-0.1, -0.05) is 11.6 Å². The maximum atomic E-state index is 13.0. The standard InChI is InChI=1S/C15H12ClN3O3S2/c1-17-15(20)19-12-11-3-2-8-18-13(11)23-14(12)24(21,22)10-6-4-9(16)5-7-10/h2-8H,1H3,(H2,17,19,20). The molecule has 0 spiro atoms. The van der Waals surface area contributed by atoms with Gasteiger partial charge in [0, 0.05) is 23.7 Å². The van der Waals surface area contributed by atoms with Gasteiger partial charge in [-0.2, -0.15) is 0 Å². The molecule has 24 heavy (non-hydrogen) atoms. The summed E-state index contributed by atoms with van der Waals surface area (Å²) in [6.45, 7) is 0. The molecule has 3 aromatic rings. The van der Waals surface area contributed by atoms with Crippen molar-refractivity contribution in [2.24, 2.45) is 0 Å². The topological polar surface area (TPSA) is 88.2 Å². The van der Waals surface area contributed by atoms with E-state index < -0.39 is 15.9 Å². The number of hydrogen-bond donors (Lipinski definition) is 2. The lowest BCUT2D eigenvalue weighted by Crippen LogP contribution is -2.25. The highest BCUT2D eigenvalue weighted by Crippen LogP contribution is 2.40. The molecule has 0 aliphatic rings. The van der Waals surface area contributed by atoms with Crippen LogP contribution in [0.25, 0.3) is 10.2 Å². The molecule has 2 N–H and O–H groups in total. The van der Waals surface area contributed by atoms with Gasteiger partial charge in [0.2, 0.25) is 9.84 Å². The number of anilines is 1. The van der Waals surface area contributed by atoms with Gasteiger partial charge in [0.05, 0.1) is 10.6 Å². The first-order chi connectivity index (χ1) is 11.4. The molecular formula is C15H12ClN3O3S2. The molecule has 3 rings (SSSR count). The molecule has 9 heteroatoms. The second kappa shape index (κ2) is 6.39. The zero-order valence-electron chi connectivity index (χ0n) is 12.4. The zero-order chi connectivity index (χ0) is 17.3. The van der Waals surface area contributed by atoms with Crippen molar-refractivity contribution in [3.8, 4) is 0 Å². The van der Waals surface area contributed by atoms with Crippen LogP contribution in [0.2, 0.25) is 5.02 Å². The van der Waals surface area contributed by atoms with Crippen molar-refractivity contribution in [2.45, 2.75) is 9.10 Å². The molecule has 6 nitrogen and oxygen atoms in total. The minimum atomic E-state index is -3.82. The van der Waals surface area contributed by atoms with Crippen molar-refractivity contribution in [2.75, 3.05) is 12.4 Å². The lowest BCUT2D eigenvalue weighted by molar-refractivity contribution is 0.254. The smallest absolute Gasteiger partial charge is 0.319 e. The van der Waals surface area contributed by atoms with E-state index in [1.54, 1.807) is 18.3 Å². The predicted molar refractivity (Wildman–Crippen MR) is 94.6 cm³/mol. The van der Waals surface area contributed by atoms with E-state index in [2.05, 4.69) is 15.6 Å². The first-order valence-corrected chi connectivity index (χ1v) is 9.48. The molecule has 2 heterocycles. The number of aromatic nitrogens is 1. The Balaban J connectivity index is 2.22. The summed E-state index contributed by atoms with van der Waals surface area (Å²) in [6.07, 6.45) is 1.57. The fraction of sp³-hybridized carbons (Fsp3) is 0.0667. The summed E-state index contributed by atoms with van der Waals surface area (Å²) in [5, 5.41) is 6.01. The number of carbonyl (C=O) groups excluding carboxylic acids is 1. The third kappa shape index (κ3) is 2.95. The van der Waals surface area contributed by atoms with Gasteiger partial charge in [-0.05, 0) is 36.4 Å². The number of urea groups is 1. The summed E-state index contributed by atoms with van der Waals surface area (Å²) in [5.41, 5.74) is 0.220. The van der Waals surface area contributed by atoms with E-state index in [-0.39, 0.29) is 14.8 Å². The van der Waals surface area contributed by atoms with Crippen LogP contribution in [0, 0.1) is 0 Å². The Labute approximate surface area is 147 Å². The van der Waals surface area contributed by atoms with E-state index in [1.165, 1.54) is 31.3 Å². The molecule has 1 aromatic carbocycles. The Kier molecular flexibility index (Phi) is 4.44. The number of benzene rings is 1. The number of amides is 2. The van der Waals surface area contributed by atoms with Crippen molar-refractivity contribution < 1.29 is 13.2 Å². The Bertz CT molecular complexity index is 1010. The lowest BCUT2D eigenvalue weighted by atomic mass is 10.3. The summed E-state index contributed by atoms with van der Waals surface area (Å²) in [5.74, 6) is 0. The van der Waals surface area contributed by atoms with Crippen LogP contribution in [0.15, 0.2) is 51.7 Å². The van der Waals surface area contributed by atoms with Crippen molar-refractivity contribution in [1.29, 1.82) is 0 Å².